The number of benzene rings is 2. The van der Waals surface area contributed by atoms with Gasteiger partial charge < -0.3 is 9.84 Å². The van der Waals surface area contributed by atoms with Crippen molar-refractivity contribution in [3.8, 4) is 17.0 Å². The molecule has 1 N–H and O–H groups in total. The average Bonchev–Trinajstić information content (AvgIpc) is 2.68. The van der Waals surface area contributed by atoms with Crippen LogP contribution in [0.3, 0.4) is 0 Å². The van der Waals surface area contributed by atoms with Gasteiger partial charge in [0.25, 0.3) is 0 Å². The van der Waals surface area contributed by atoms with Crippen molar-refractivity contribution in [2.75, 3.05) is 6.61 Å². The van der Waals surface area contributed by atoms with Gasteiger partial charge in [-0.05, 0) is 55.3 Å². The van der Waals surface area contributed by atoms with Crippen LogP contribution in [-0.2, 0) is 6.42 Å². The summed E-state index contributed by atoms with van der Waals surface area (Å²) in [5, 5.41) is 10.2. The number of pyridine rings is 1. The molecule has 0 unspecified atom stereocenters. The van der Waals surface area contributed by atoms with Gasteiger partial charge in [-0.3, -0.25) is 4.98 Å². The largest absolute Gasteiger partial charge is 0.493 e. The van der Waals surface area contributed by atoms with Crippen LogP contribution >= 0.6 is 11.6 Å². The molecule has 0 spiro atoms. The Labute approximate surface area is 169 Å². The van der Waals surface area contributed by atoms with Crippen molar-refractivity contribution in [3.63, 3.8) is 0 Å². The highest BCUT2D eigenvalue weighted by Crippen LogP contribution is 2.31. The minimum atomic E-state index is -0.991. The van der Waals surface area contributed by atoms with Crippen molar-refractivity contribution >= 4 is 17.6 Å². The lowest BCUT2D eigenvalue weighted by molar-refractivity contribution is 0.0695. The topological polar surface area (TPSA) is 59.4 Å². The van der Waals surface area contributed by atoms with Gasteiger partial charge >= 0.3 is 5.97 Å². The molecule has 0 saturated heterocycles. The summed E-state index contributed by atoms with van der Waals surface area (Å²) in [4.78, 5) is 16.4. The first-order chi connectivity index (χ1) is 13.5. The van der Waals surface area contributed by atoms with E-state index < -0.39 is 5.97 Å². The standard InChI is InChI=1S/C23H22ClNO3/c1-3-12-28-22-11-4-15(2)13-19(22)20-10-9-18(23(26)27)21(25-20)14-16-5-7-17(24)8-6-16/h4-11,13H,3,12,14H2,1-2H3,(H,26,27). The number of hydrogen-bond donors (Lipinski definition) is 1. The molecular weight excluding hydrogens is 374 g/mol. The SMILES string of the molecule is CCCOc1ccc(C)cc1-c1ccc(C(=O)O)c(Cc2ccc(Cl)cc2)n1. The maximum absolute atomic E-state index is 11.7. The summed E-state index contributed by atoms with van der Waals surface area (Å²) in [6.45, 7) is 4.67. The summed E-state index contributed by atoms with van der Waals surface area (Å²) >= 11 is 5.95. The van der Waals surface area contributed by atoms with Gasteiger partial charge in [0.05, 0.1) is 23.6 Å². The number of aryl methyl sites for hydroxylation is 1. The van der Waals surface area contributed by atoms with Crippen LogP contribution in [0.2, 0.25) is 5.02 Å². The second kappa shape index (κ2) is 8.89. The van der Waals surface area contributed by atoms with Gasteiger partial charge in [0.1, 0.15) is 5.75 Å². The number of carboxylic acids is 1. The predicted octanol–water partition coefficient (Wildman–Crippen LogP) is 5.79. The van der Waals surface area contributed by atoms with Crippen LogP contribution in [0, 0.1) is 6.92 Å². The van der Waals surface area contributed by atoms with Gasteiger partial charge in [-0.15, -0.1) is 0 Å². The Bertz CT molecular complexity index is 984. The smallest absolute Gasteiger partial charge is 0.337 e. The lowest BCUT2D eigenvalue weighted by Crippen LogP contribution is -2.07. The summed E-state index contributed by atoms with van der Waals surface area (Å²) in [6.07, 6.45) is 1.31. The first-order valence-corrected chi connectivity index (χ1v) is 9.57. The number of halogens is 1. The van der Waals surface area contributed by atoms with E-state index in [1.807, 2.05) is 37.3 Å². The summed E-state index contributed by atoms with van der Waals surface area (Å²) < 4.78 is 5.87. The van der Waals surface area contributed by atoms with Crippen LogP contribution in [0.1, 0.15) is 40.5 Å². The normalized spacial score (nSPS) is 10.7. The molecule has 0 aliphatic carbocycles. The number of nitrogens with zero attached hydrogens (tertiary/aromatic N) is 1. The Morgan fingerprint density at radius 2 is 1.86 bits per heavy atom. The summed E-state index contributed by atoms with van der Waals surface area (Å²) in [7, 11) is 0. The van der Waals surface area contributed by atoms with E-state index in [-0.39, 0.29) is 5.56 Å². The highest BCUT2D eigenvalue weighted by molar-refractivity contribution is 6.30. The molecule has 4 nitrogen and oxygen atoms in total. The molecule has 1 aromatic heterocycles. The molecule has 0 aliphatic heterocycles. The van der Waals surface area contributed by atoms with E-state index in [1.165, 1.54) is 0 Å². The maximum Gasteiger partial charge on any atom is 0.337 e. The number of ether oxygens (including phenoxy) is 1. The number of aromatic nitrogens is 1. The number of rotatable bonds is 7. The minimum Gasteiger partial charge on any atom is -0.493 e. The molecule has 0 aliphatic rings. The van der Waals surface area contributed by atoms with Crippen LogP contribution in [-0.4, -0.2) is 22.7 Å². The molecule has 3 aromatic rings. The molecule has 0 amide bonds. The van der Waals surface area contributed by atoms with E-state index in [9.17, 15) is 9.90 Å². The van der Waals surface area contributed by atoms with Crippen molar-refractivity contribution in [2.24, 2.45) is 0 Å². The lowest BCUT2D eigenvalue weighted by Gasteiger charge is -2.14. The molecule has 0 atom stereocenters. The monoisotopic (exact) mass is 395 g/mol. The first-order valence-electron chi connectivity index (χ1n) is 9.19. The Morgan fingerprint density at radius 1 is 1.11 bits per heavy atom. The zero-order valence-electron chi connectivity index (χ0n) is 15.9. The molecule has 0 fully saturated rings. The number of hydrogen-bond acceptors (Lipinski definition) is 3. The molecule has 0 radical (unpaired) electrons. The van der Waals surface area contributed by atoms with E-state index in [0.29, 0.717) is 29.4 Å². The molecule has 2 aromatic carbocycles. The number of aromatic carboxylic acids is 1. The van der Waals surface area contributed by atoms with E-state index >= 15 is 0 Å². The highest BCUT2D eigenvalue weighted by atomic mass is 35.5. The molecule has 0 bridgehead atoms. The van der Waals surface area contributed by atoms with Gasteiger partial charge in [0.15, 0.2) is 0 Å². The van der Waals surface area contributed by atoms with E-state index in [4.69, 9.17) is 21.3 Å². The van der Waals surface area contributed by atoms with Crippen LogP contribution < -0.4 is 4.74 Å². The lowest BCUT2D eigenvalue weighted by atomic mass is 10.0. The summed E-state index contributed by atoms with van der Waals surface area (Å²) in [5.74, 6) is -0.241. The second-order valence-electron chi connectivity index (χ2n) is 6.65. The molecule has 144 valence electrons. The van der Waals surface area contributed by atoms with Gasteiger partial charge in [0.2, 0.25) is 0 Å². The van der Waals surface area contributed by atoms with Crippen LogP contribution in [0.15, 0.2) is 54.6 Å². The van der Waals surface area contributed by atoms with E-state index in [1.54, 1.807) is 24.3 Å². The zero-order chi connectivity index (χ0) is 20.1. The third-order valence-corrected chi connectivity index (χ3v) is 4.61. The molecule has 0 saturated carbocycles. The van der Waals surface area contributed by atoms with Gasteiger partial charge in [-0.1, -0.05) is 42.3 Å². The molecular formula is C23H22ClNO3. The summed E-state index contributed by atoms with van der Waals surface area (Å²) in [5.41, 5.74) is 4.30. The fourth-order valence-electron chi connectivity index (χ4n) is 2.96. The van der Waals surface area contributed by atoms with Crippen molar-refractivity contribution in [2.45, 2.75) is 26.7 Å². The van der Waals surface area contributed by atoms with Crippen LogP contribution in [0.5, 0.6) is 5.75 Å². The van der Waals surface area contributed by atoms with Gasteiger partial charge in [-0.2, -0.15) is 0 Å². The molecule has 28 heavy (non-hydrogen) atoms. The summed E-state index contributed by atoms with van der Waals surface area (Å²) in [6, 6.07) is 16.6. The Kier molecular flexibility index (Phi) is 6.32. The minimum absolute atomic E-state index is 0.197. The third kappa shape index (κ3) is 4.70. The fourth-order valence-corrected chi connectivity index (χ4v) is 3.08. The van der Waals surface area contributed by atoms with Crippen molar-refractivity contribution in [1.29, 1.82) is 0 Å². The maximum atomic E-state index is 11.7. The van der Waals surface area contributed by atoms with Crippen molar-refractivity contribution in [3.05, 3.63) is 82.0 Å². The highest BCUT2D eigenvalue weighted by Gasteiger charge is 2.16. The van der Waals surface area contributed by atoms with Crippen LogP contribution in [0.25, 0.3) is 11.3 Å². The van der Waals surface area contributed by atoms with Crippen molar-refractivity contribution in [1.82, 2.24) is 4.98 Å². The molecule has 1 heterocycles. The van der Waals surface area contributed by atoms with Crippen molar-refractivity contribution < 1.29 is 14.6 Å². The molecule has 5 heteroatoms. The second-order valence-corrected chi connectivity index (χ2v) is 7.08. The number of carbonyl (C=O) groups is 1. The van der Waals surface area contributed by atoms with Gasteiger partial charge in [-0.25, -0.2) is 4.79 Å². The Hall–Kier alpha value is -2.85. The Morgan fingerprint density at radius 3 is 2.54 bits per heavy atom. The van der Waals surface area contributed by atoms with Crippen LogP contribution in [0.4, 0.5) is 0 Å². The molecule has 3 rings (SSSR count). The average molecular weight is 396 g/mol. The fraction of sp³-hybridized carbons (Fsp3) is 0.217. The van der Waals surface area contributed by atoms with E-state index in [0.717, 1.165) is 28.9 Å². The Balaban J connectivity index is 2.05. The third-order valence-electron chi connectivity index (χ3n) is 4.36. The first kappa shape index (κ1) is 19.9. The zero-order valence-corrected chi connectivity index (χ0v) is 16.7. The number of carboxylic acid groups (broad SMARTS) is 1. The predicted molar refractivity (Wildman–Crippen MR) is 111 cm³/mol. The van der Waals surface area contributed by atoms with E-state index in [2.05, 4.69) is 6.92 Å². The quantitative estimate of drug-likeness (QED) is 0.550. The van der Waals surface area contributed by atoms with Gasteiger partial charge in [0, 0.05) is 17.0 Å².